The zero-order valence-electron chi connectivity index (χ0n) is 22.4. The fraction of sp³-hybridized carbons (Fsp3) is 0.156. The number of para-hydroxylation sites is 1. The van der Waals surface area contributed by atoms with Gasteiger partial charge in [-0.3, -0.25) is 19.8 Å². The fourth-order valence-corrected chi connectivity index (χ4v) is 5.37. The summed E-state index contributed by atoms with van der Waals surface area (Å²) in [6.45, 7) is 6.46. The maximum atomic E-state index is 13.6. The molecule has 0 spiro atoms. The van der Waals surface area contributed by atoms with Crippen LogP contribution in [0, 0.1) is 13.8 Å². The van der Waals surface area contributed by atoms with E-state index in [1.807, 2.05) is 99.6 Å². The summed E-state index contributed by atoms with van der Waals surface area (Å²) < 4.78 is 9.07. The predicted octanol–water partition coefficient (Wildman–Crippen LogP) is 6.83. The molecule has 4 aromatic rings. The number of ether oxygens (including phenoxy) is 1. The van der Waals surface area contributed by atoms with Crippen molar-refractivity contribution in [2.75, 3.05) is 4.90 Å². The lowest BCUT2D eigenvalue weighted by molar-refractivity contribution is -0.122. The van der Waals surface area contributed by atoms with E-state index in [0.29, 0.717) is 12.3 Å². The summed E-state index contributed by atoms with van der Waals surface area (Å²) in [4.78, 5) is 27.9. The van der Waals surface area contributed by atoms with Gasteiger partial charge in [0.25, 0.3) is 11.8 Å². The molecule has 8 heteroatoms. The van der Waals surface area contributed by atoms with Crippen LogP contribution in [0.25, 0.3) is 11.8 Å². The fourth-order valence-electron chi connectivity index (χ4n) is 4.83. The molecule has 5 rings (SSSR count). The summed E-state index contributed by atoms with van der Waals surface area (Å²) in [5, 5.41) is 2.78. The Morgan fingerprint density at radius 3 is 2.38 bits per heavy atom. The second-order valence-electron chi connectivity index (χ2n) is 9.51. The lowest BCUT2D eigenvalue weighted by atomic mass is 10.0. The number of carbonyl (C=O) groups excluding carboxylic acids is 2. The van der Waals surface area contributed by atoms with Crippen molar-refractivity contribution >= 4 is 56.8 Å². The molecule has 0 radical (unpaired) electrons. The number of carbonyl (C=O) groups is 2. The molecule has 1 aliphatic heterocycles. The predicted molar refractivity (Wildman–Crippen MR) is 166 cm³/mol. The molecule has 0 saturated carbocycles. The largest absolute Gasteiger partial charge is 0.489 e. The molecule has 1 N–H and O–H groups in total. The van der Waals surface area contributed by atoms with Gasteiger partial charge in [-0.25, -0.2) is 0 Å². The number of nitrogens with one attached hydrogen (secondary N) is 1. The summed E-state index contributed by atoms with van der Waals surface area (Å²) in [5.41, 5.74) is 6.38. The van der Waals surface area contributed by atoms with Crippen molar-refractivity contribution in [2.45, 2.75) is 33.8 Å². The quantitative estimate of drug-likeness (QED) is 0.141. The summed E-state index contributed by atoms with van der Waals surface area (Å²) in [5.74, 6) is -0.173. The Morgan fingerprint density at radius 2 is 1.68 bits per heavy atom. The Bertz CT molecular complexity index is 1640. The molecule has 2 heterocycles. The van der Waals surface area contributed by atoms with Crippen LogP contribution in [0.3, 0.4) is 0 Å². The normalized spacial score (nSPS) is 14.6. The zero-order valence-corrected chi connectivity index (χ0v) is 24.8. The maximum absolute atomic E-state index is 13.6. The van der Waals surface area contributed by atoms with E-state index in [2.05, 4.69) is 25.8 Å². The molecule has 0 unspecified atom stereocenters. The van der Waals surface area contributed by atoms with Crippen molar-refractivity contribution in [3.8, 4) is 11.4 Å². The number of amides is 2. The third-order valence-electron chi connectivity index (χ3n) is 6.90. The number of hydrogen-bond donors (Lipinski definition) is 1. The number of halogens is 1. The van der Waals surface area contributed by atoms with E-state index < -0.39 is 11.8 Å². The Balaban J connectivity index is 1.40. The van der Waals surface area contributed by atoms with E-state index in [0.717, 1.165) is 50.4 Å². The highest BCUT2D eigenvalue weighted by Crippen LogP contribution is 2.29. The lowest BCUT2D eigenvalue weighted by Crippen LogP contribution is -2.54. The molecule has 202 valence electrons. The molecule has 0 bridgehead atoms. The Labute approximate surface area is 247 Å². The minimum atomic E-state index is -0.502. The van der Waals surface area contributed by atoms with Gasteiger partial charge < -0.3 is 9.30 Å². The van der Waals surface area contributed by atoms with Gasteiger partial charge in [0.15, 0.2) is 5.11 Å². The van der Waals surface area contributed by atoms with Crippen LogP contribution in [0.5, 0.6) is 5.75 Å². The highest BCUT2D eigenvalue weighted by atomic mass is 79.9. The molecular weight excluding hydrogens is 586 g/mol. The number of benzene rings is 3. The van der Waals surface area contributed by atoms with Crippen LogP contribution in [0.1, 0.15) is 35.0 Å². The second kappa shape index (κ2) is 11.6. The average Bonchev–Trinajstić information content (AvgIpc) is 3.23. The van der Waals surface area contributed by atoms with Crippen molar-refractivity contribution in [1.82, 2.24) is 9.88 Å². The molecule has 3 aromatic carbocycles. The molecule has 0 aliphatic carbocycles. The number of aromatic nitrogens is 1. The number of rotatable bonds is 7. The minimum absolute atomic E-state index is 0.0384. The minimum Gasteiger partial charge on any atom is -0.489 e. The van der Waals surface area contributed by atoms with Crippen molar-refractivity contribution < 1.29 is 14.3 Å². The highest BCUT2D eigenvalue weighted by molar-refractivity contribution is 9.10. The average molecular weight is 615 g/mol. The number of thiocarbonyl (C=S) groups is 1. The van der Waals surface area contributed by atoms with Gasteiger partial charge in [0.2, 0.25) is 0 Å². The first-order valence-corrected chi connectivity index (χ1v) is 14.1. The number of aryl methyl sites for hydroxylation is 2. The van der Waals surface area contributed by atoms with E-state index in [-0.39, 0.29) is 10.7 Å². The first kappa shape index (κ1) is 27.6. The molecule has 6 nitrogen and oxygen atoms in total. The summed E-state index contributed by atoms with van der Waals surface area (Å²) in [7, 11) is 0. The van der Waals surface area contributed by atoms with Crippen molar-refractivity contribution in [1.29, 1.82) is 0 Å². The van der Waals surface area contributed by atoms with Gasteiger partial charge in [-0.2, -0.15) is 0 Å². The van der Waals surface area contributed by atoms with Crippen LogP contribution in [0.15, 0.2) is 88.9 Å². The van der Waals surface area contributed by atoms with Gasteiger partial charge >= 0.3 is 0 Å². The molecule has 0 atom stereocenters. The third-order valence-corrected chi connectivity index (χ3v) is 7.71. The van der Waals surface area contributed by atoms with Gasteiger partial charge in [0, 0.05) is 21.5 Å². The Morgan fingerprint density at radius 1 is 0.975 bits per heavy atom. The molecule has 1 aromatic heterocycles. The maximum Gasteiger partial charge on any atom is 0.270 e. The molecule has 40 heavy (non-hydrogen) atoms. The third kappa shape index (κ3) is 5.50. The summed E-state index contributed by atoms with van der Waals surface area (Å²) >= 11 is 8.84. The SMILES string of the molecule is CCc1ccccc1N1C(=O)/C(=C/c2cc(C)n(-c3ccc(OCc4ccc(Br)cc4)cc3)c2C)C(=O)NC1=S. The number of hydrogen-bond acceptors (Lipinski definition) is 4. The van der Waals surface area contributed by atoms with E-state index >= 15 is 0 Å². The Hall–Kier alpha value is -4.01. The topological polar surface area (TPSA) is 63.6 Å². The van der Waals surface area contributed by atoms with Crippen LogP contribution in [0.4, 0.5) is 5.69 Å². The van der Waals surface area contributed by atoms with E-state index in [9.17, 15) is 9.59 Å². The standard InChI is InChI=1S/C32H28BrN3O3S/c1-4-23-7-5-6-8-29(23)36-31(38)28(30(37)34-32(36)40)18-24-17-20(2)35(21(24)3)26-13-15-27(16-14-26)39-19-22-9-11-25(33)12-10-22/h5-18H,4,19H2,1-3H3,(H,34,37,40)/b28-18+. The van der Waals surface area contributed by atoms with Gasteiger partial charge in [-0.15, -0.1) is 0 Å². The van der Waals surface area contributed by atoms with E-state index in [4.69, 9.17) is 17.0 Å². The van der Waals surface area contributed by atoms with Crippen LogP contribution in [-0.4, -0.2) is 21.5 Å². The van der Waals surface area contributed by atoms with Crippen LogP contribution in [-0.2, 0) is 22.6 Å². The van der Waals surface area contributed by atoms with E-state index in [1.54, 1.807) is 6.08 Å². The second-order valence-corrected chi connectivity index (χ2v) is 10.8. The monoisotopic (exact) mass is 613 g/mol. The van der Waals surface area contributed by atoms with E-state index in [1.165, 1.54) is 4.90 Å². The van der Waals surface area contributed by atoms with Gasteiger partial charge in [-0.1, -0.05) is 53.2 Å². The molecule has 1 saturated heterocycles. The van der Waals surface area contributed by atoms with Gasteiger partial charge in [0.1, 0.15) is 17.9 Å². The van der Waals surface area contributed by atoms with Crippen LogP contribution >= 0.6 is 28.1 Å². The van der Waals surface area contributed by atoms with Crippen molar-refractivity contribution in [2.24, 2.45) is 0 Å². The number of anilines is 1. The Kier molecular flexibility index (Phi) is 8.00. The first-order chi connectivity index (χ1) is 19.3. The van der Waals surface area contributed by atoms with Gasteiger partial charge in [-0.05, 0) is 104 Å². The number of nitrogens with zero attached hydrogens (tertiary/aromatic N) is 2. The van der Waals surface area contributed by atoms with Gasteiger partial charge in [0.05, 0.1) is 5.69 Å². The van der Waals surface area contributed by atoms with Crippen LogP contribution < -0.4 is 15.0 Å². The molecule has 1 fully saturated rings. The smallest absolute Gasteiger partial charge is 0.270 e. The lowest BCUT2D eigenvalue weighted by Gasteiger charge is -2.30. The molecular formula is C32H28BrN3O3S. The molecule has 2 amide bonds. The highest BCUT2D eigenvalue weighted by Gasteiger charge is 2.35. The van der Waals surface area contributed by atoms with Crippen LogP contribution in [0.2, 0.25) is 0 Å². The summed E-state index contributed by atoms with van der Waals surface area (Å²) in [6, 6.07) is 25.4. The first-order valence-electron chi connectivity index (χ1n) is 12.9. The zero-order chi connectivity index (χ0) is 28.4. The summed E-state index contributed by atoms with van der Waals surface area (Å²) in [6.07, 6.45) is 2.38. The molecule has 1 aliphatic rings. The van der Waals surface area contributed by atoms with Crippen molar-refractivity contribution in [3.63, 3.8) is 0 Å². The van der Waals surface area contributed by atoms with Crippen molar-refractivity contribution in [3.05, 3.63) is 117 Å².